The smallest absolute Gasteiger partial charge is 0.302 e. The van der Waals surface area contributed by atoms with Crippen molar-refractivity contribution in [2.24, 2.45) is 0 Å². The molecule has 0 spiro atoms. The van der Waals surface area contributed by atoms with Crippen molar-refractivity contribution in [1.29, 1.82) is 0 Å². The monoisotopic (exact) mass is 390 g/mol. The van der Waals surface area contributed by atoms with Gasteiger partial charge in [-0.15, -0.1) is 0 Å². The largest absolute Gasteiger partial charge is 0.463 e. The molecule has 0 aliphatic carbocycles. The third-order valence-corrected chi connectivity index (χ3v) is 4.48. The number of ether oxygens (including phenoxy) is 5. The zero-order chi connectivity index (χ0) is 20.1. The van der Waals surface area contributed by atoms with Gasteiger partial charge in [0.05, 0.1) is 0 Å². The van der Waals surface area contributed by atoms with Crippen molar-refractivity contribution >= 4 is 5.97 Å². The minimum Gasteiger partial charge on any atom is -0.463 e. The predicted molar refractivity (Wildman–Crippen MR) is 101 cm³/mol. The van der Waals surface area contributed by atoms with Gasteiger partial charge in [-0.3, -0.25) is 4.79 Å². The van der Waals surface area contributed by atoms with Crippen LogP contribution in [-0.4, -0.2) is 68.2 Å². The molecule has 0 aromatic carbocycles. The Hall–Kier alpha value is -0.730. The molecular formula is C20H38O7. The highest BCUT2D eigenvalue weighted by Crippen LogP contribution is 2.28. The summed E-state index contributed by atoms with van der Waals surface area (Å²) >= 11 is 0. The summed E-state index contributed by atoms with van der Waals surface area (Å²) in [6.07, 6.45) is 2.38. The number of esters is 1. The maximum absolute atomic E-state index is 11.2. The molecule has 0 bridgehead atoms. The van der Waals surface area contributed by atoms with Gasteiger partial charge in [0.25, 0.3) is 0 Å². The fraction of sp³-hybridized carbons (Fsp3) is 0.950. The lowest BCUT2D eigenvalue weighted by molar-refractivity contribution is -0.311. The van der Waals surface area contributed by atoms with Crippen LogP contribution in [0.1, 0.15) is 66.2 Å². The molecule has 7 heteroatoms. The van der Waals surface area contributed by atoms with Crippen LogP contribution in [0, 0.1) is 0 Å². The molecule has 4 unspecified atom stereocenters. The van der Waals surface area contributed by atoms with Gasteiger partial charge >= 0.3 is 5.97 Å². The van der Waals surface area contributed by atoms with Crippen molar-refractivity contribution in [1.82, 2.24) is 0 Å². The topological polar surface area (TPSA) is 83.5 Å². The Balaban J connectivity index is 2.90. The van der Waals surface area contributed by atoms with Crippen LogP contribution < -0.4 is 0 Å². The molecular weight excluding hydrogens is 352 g/mol. The first-order chi connectivity index (χ1) is 13.0. The van der Waals surface area contributed by atoms with Crippen molar-refractivity contribution in [3.63, 3.8) is 0 Å². The van der Waals surface area contributed by atoms with Crippen LogP contribution in [-0.2, 0) is 28.5 Å². The Bertz CT molecular complexity index is 391. The van der Waals surface area contributed by atoms with E-state index >= 15 is 0 Å². The van der Waals surface area contributed by atoms with Gasteiger partial charge in [0.15, 0.2) is 6.29 Å². The van der Waals surface area contributed by atoms with E-state index in [1.807, 2.05) is 0 Å². The minimum absolute atomic E-state index is 0.0124. The van der Waals surface area contributed by atoms with Crippen molar-refractivity contribution in [3.8, 4) is 0 Å². The second-order valence-electron chi connectivity index (χ2n) is 6.93. The SMILES string of the molecule is CCCCOC1C(O)OC(COC(C)=O)[C@@H](OCCCC)C1OCCCC. The summed E-state index contributed by atoms with van der Waals surface area (Å²) in [5, 5.41) is 10.5. The molecule has 0 aromatic heterocycles. The Labute approximate surface area is 163 Å². The normalized spacial score (nSPS) is 28.3. The molecule has 1 N–H and O–H groups in total. The van der Waals surface area contributed by atoms with Crippen LogP contribution in [0.3, 0.4) is 0 Å². The molecule has 1 aliphatic heterocycles. The number of unbranched alkanes of at least 4 members (excludes halogenated alkanes) is 3. The Morgan fingerprint density at radius 1 is 0.852 bits per heavy atom. The average Bonchev–Trinajstić information content (AvgIpc) is 2.64. The van der Waals surface area contributed by atoms with Gasteiger partial charge in [0.2, 0.25) is 0 Å². The van der Waals surface area contributed by atoms with E-state index in [-0.39, 0.29) is 6.61 Å². The lowest BCUT2D eigenvalue weighted by atomic mass is 9.98. The van der Waals surface area contributed by atoms with E-state index in [9.17, 15) is 9.90 Å². The van der Waals surface area contributed by atoms with Gasteiger partial charge in [0.1, 0.15) is 31.0 Å². The Morgan fingerprint density at radius 2 is 1.33 bits per heavy atom. The molecule has 0 radical (unpaired) electrons. The van der Waals surface area contributed by atoms with E-state index in [2.05, 4.69) is 20.8 Å². The molecule has 0 aromatic rings. The number of aliphatic hydroxyl groups is 1. The predicted octanol–water partition coefficient (Wildman–Crippen LogP) is 2.82. The van der Waals surface area contributed by atoms with Crippen LogP contribution in [0.5, 0.6) is 0 Å². The zero-order valence-electron chi connectivity index (χ0n) is 17.4. The summed E-state index contributed by atoms with van der Waals surface area (Å²) in [6, 6.07) is 0. The minimum atomic E-state index is -1.15. The maximum Gasteiger partial charge on any atom is 0.302 e. The molecule has 0 saturated carbocycles. The van der Waals surface area contributed by atoms with Crippen molar-refractivity contribution in [3.05, 3.63) is 0 Å². The lowest BCUT2D eigenvalue weighted by Gasteiger charge is -2.44. The number of carbonyl (C=O) groups excluding carboxylic acids is 1. The Kier molecular flexibility index (Phi) is 12.9. The van der Waals surface area contributed by atoms with Crippen molar-refractivity contribution in [2.75, 3.05) is 26.4 Å². The van der Waals surface area contributed by atoms with Crippen LogP contribution in [0.2, 0.25) is 0 Å². The molecule has 1 fully saturated rings. The van der Waals surface area contributed by atoms with E-state index in [1.54, 1.807) is 0 Å². The molecule has 5 atom stereocenters. The maximum atomic E-state index is 11.2. The number of carbonyl (C=O) groups is 1. The summed E-state index contributed by atoms with van der Waals surface area (Å²) in [7, 11) is 0. The summed E-state index contributed by atoms with van der Waals surface area (Å²) in [4.78, 5) is 11.2. The van der Waals surface area contributed by atoms with E-state index in [0.717, 1.165) is 38.5 Å². The van der Waals surface area contributed by atoms with Crippen LogP contribution in [0.15, 0.2) is 0 Å². The molecule has 0 amide bonds. The van der Waals surface area contributed by atoms with E-state index in [1.165, 1.54) is 6.92 Å². The lowest BCUT2D eigenvalue weighted by Crippen LogP contribution is -2.61. The first-order valence-electron chi connectivity index (χ1n) is 10.4. The molecule has 1 saturated heterocycles. The molecule has 1 heterocycles. The molecule has 1 rings (SSSR count). The van der Waals surface area contributed by atoms with Crippen LogP contribution in [0.25, 0.3) is 0 Å². The highest BCUT2D eigenvalue weighted by molar-refractivity contribution is 5.65. The van der Waals surface area contributed by atoms with Gasteiger partial charge in [-0.05, 0) is 19.3 Å². The first-order valence-corrected chi connectivity index (χ1v) is 10.4. The number of rotatable bonds is 14. The third kappa shape index (κ3) is 8.87. The van der Waals surface area contributed by atoms with Crippen LogP contribution >= 0.6 is 0 Å². The highest BCUT2D eigenvalue weighted by Gasteiger charge is 2.48. The van der Waals surface area contributed by atoms with Gasteiger partial charge in [-0.2, -0.15) is 0 Å². The van der Waals surface area contributed by atoms with E-state index in [4.69, 9.17) is 23.7 Å². The zero-order valence-corrected chi connectivity index (χ0v) is 17.4. The van der Waals surface area contributed by atoms with E-state index in [0.29, 0.717) is 19.8 Å². The molecule has 160 valence electrons. The summed E-state index contributed by atoms with van der Waals surface area (Å²) in [6.45, 7) is 9.24. The van der Waals surface area contributed by atoms with Gasteiger partial charge in [-0.1, -0.05) is 40.0 Å². The fourth-order valence-electron chi connectivity index (χ4n) is 2.89. The van der Waals surface area contributed by atoms with Crippen LogP contribution in [0.4, 0.5) is 0 Å². The van der Waals surface area contributed by atoms with Gasteiger partial charge in [-0.25, -0.2) is 0 Å². The van der Waals surface area contributed by atoms with Crippen molar-refractivity contribution in [2.45, 2.75) is 96.9 Å². The highest BCUT2D eigenvalue weighted by atomic mass is 16.7. The second kappa shape index (κ2) is 14.3. The molecule has 27 heavy (non-hydrogen) atoms. The quantitative estimate of drug-likeness (QED) is 0.361. The fourth-order valence-corrected chi connectivity index (χ4v) is 2.89. The second-order valence-corrected chi connectivity index (χ2v) is 6.93. The third-order valence-electron chi connectivity index (χ3n) is 4.48. The van der Waals surface area contributed by atoms with E-state index < -0.39 is 36.7 Å². The first kappa shape index (κ1) is 24.3. The molecule has 7 nitrogen and oxygen atoms in total. The van der Waals surface area contributed by atoms with Crippen molar-refractivity contribution < 1.29 is 33.6 Å². The van der Waals surface area contributed by atoms with Gasteiger partial charge < -0.3 is 28.8 Å². The summed E-state index contributed by atoms with van der Waals surface area (Å²) in [5.41, 5.74) is 0. The standard InChI is InChI=1S/C20H38O7/c1-5-8-11-23-17-16(14-26-15(4)21)27-20(22)19(25-13-10-7-3)18(17)24-12-9-6-2/h16-20,22H,5-14H2,1-4H3/t16?,17-,18?,19?,20?/m1/s1. The Morgan fingerprint density at radius 3 is 1.81 bits per heavy atom. The molecule has 1 aliphatic rings. The number of aliphatic hydroxyl groups excluding tert-OH is 1. The summed E-state index contributed by atoms with van der Waals surface area (Å²) < 4.78 is 28.9. The average molecular weight is 391 g/mol. The summed E-state index contributed by atoms with van der Waals surface area (Å²) in [5.74, 6) is -0.398. The number of hydrogen-bond donors (Lipinski definition) is 1. The number of hydrogen-bond acceptors (Lipinski definition) is 7. The van der Waals surface area contributed by atoms with Gasteiger partial charge in [0, 0.05) is 26.7 Å².